The predicted molar refractivity (Wildman–Crippen MR) is 92.7 cm³/mol. The second kappa shape index (κ2) is 6.96. The Balaban J connectivity index is 2.18. The molecule has 1 aromatic carbocycles. The molecule has 0 aromatic heterocycles. The quantitative estimate of drug-likeness (QED) is 0.747. The molecule has 0 saturated heterocycles. The van der Waals surface area contributed by atoms with Crippen LogP contribution in [0.5, 0.6) is 0 Å². The van der Waals surface area contributed by atoms with Crippen molar-refractivity contribution < 1.29 is 0 Å². The minimum atomic E-state index is 0.543. The van der Waals surface area contributed by atoms with Gasteiger partial charge < -0.3 is 5.32 Å². The summed E-state index contributed by atoms with van der Waals surface area (Å²) in [6.07, 6.45) is 6.67. The summed E-state index contributed by atoms with van der Waals surface area (Å²) < 4.78 is 0. The van der Waals surface area contributed by atoms with Gasteiger partial charge in [0, 0.05) is 6.04 Å². The van der Waals surface area contributed by atoms with Crippen molar-refractivity contribution in [2.24, 2.45) is 11.3 Å². The van der Waals surface area contributed by atoms with Gasteiger partial charge in [0.1, 0.15) is 0 Å². The zero-order chi connectivity index (χ0) is 15.5. The van der Waals surface area contributed by atoms with Crippen LogP contribution in [-0.4, -0.2) is 6.54 Å². The van der Waals surface area contributed by atoms with Crippen LogP contribution in [-0.2, 0) is 0 Å². The molecule has 0 radical (unpaired) electrons. The lowest BCUT2D eigenvalue weighted by Crippen LogP contribution is -2.33. The molecule has 0 amide bonds. The SMILES string of the molecule is CCCNC(c1ccc(C)cc1C)C1CCC(C)(C)CC1. The smallest absolute Gasteiger partial charge is 0.0351 e. The lowest BCUT2D eigenvalue weighted by Gasteiger charge is -2.39. The van der Waals surface area contributed by atoms with Crippen LogP contribution in [0.3, 0.4) is 0 Å². The lowest BCUT2D eigenvalue weighted by molar-refractivity contribution is 0.161. The first kappa shape index (κ1) is 16.5. The molecule has 1 nitrogen and oxygen atoms in total. The number of hydrogen-bond donors (Lipinski definition) is 1. The van der Waals surface area contributed by atoms with Crippen molar-refractivity contribution >= 4 is 0 Å². The zero-order valence-electron chi connectivity index (χ0n) is 14.6. The fourth-order valence-corrected chi connectivity index (χ4v) is 3.76. The molecule has 0 bridgehead atoms. The van der Waals surface area contributed by atoms with Crippen molar-refractivity contribution in [3.05, 3.63) is 34.9 Å². The summed E-state index contributed by atoms with van der Waals surface area (Å²) >= 11 is 0. The molecule has 1 atom stereocenters. The van der Waals surface area contributed by atoms with Gasteiger partial charge >= 0.3 is 0 Å². The van der Waals surface area contributed by atoms with Gasteiger partial charge in [0.05, 0.1) is 0 Å². The second-order valence-corrected chi connectivity index (χ2v) is 7.79. The van der Waals surface area contributed by atoms with Gasteiger partial charge in [-0.1, -0.05) is 44.5 Å². The van der Waals surface area contributed by atoms with Crippen molar-refractivity contribution in [1.82, 2.24) is 5.32 Å². The molecule has 1 N–H and O–H groups in total. The predicted octanol–water partition coefficient (Wildman–Crippen LogP) is 5.56. The highest BCUT2D eigenvalue weighted by molar-refractivity contribution is 5.33. The highest BCUT2D eigenvalue weighted by atomic mass is 14.9. The van der Waals surface area contributed by atoms with Crippen LogP contribution >= 0.6 is 0 Å². The number of rotatable bonds is 5. The molecule has 1 saturated carbocycles. The fraction of sp³-hybridized carbons (Fsp3) is 0.700. The average Bonchev–Trinajstić information content (AvgIpc) is 2.42. The Labute approximate surface area is 131 Å². The van der Waals surface area contributed by atoms with E-state index in [1.165, 1.54) is 48.8 Å². The normalized spacial score (nSPS) is 20.4. The summed E-state index contributed by atoms with van der Waals surface area (Å²) in [4.78, 5) is 0. The van der Waals surface area contributed by atoms with Crippen LogP contribution in [0.2, 0.25) is 0 Å². The van der Waals surface area contributed by atoms with Crippen LogP contribution in [0.4, 0.5) is 0 Å². The van der Waals surface area contributed by atoms with E-state index in [0.29, 0.717) is 11.5 Å². The molecule has 1 aliphatic carbocycles. The second-order valence-electron chi connectivity index (χ2n) is 7.79. The number of aryl methyl sites for hydroxylation is 2. The third kappa shape index (κ3) is 4.32. The molecular weight excluding hydrogens is 254 g/mol. The van der Waals surface area contributed by atoms with Crippen LogP contribution in [0.25, 0.3) is 0 Å². The minimum absolute atomic E-state index is 0.543. The molecule has 2 rings (SSSR count). The van der Waals surface area contributed by atoms with E-state index in [4.69, 9.17) is 0 Å². The van der Waals surface area contributed by atoms with E-state index in [-0.39, 0.29) is 0 Å². The van der Waals surface area contributed by atoms with E-state index in [1.807, 2.05) is 0 Å². The van der Waals surface area contributed by atoms with Crippen LogP contribution in [0, 0.1) is 25.2 Å². The van der Waals surface area contributed by atoms with E-state index in [9.17, 15) is 0 Å². The maximum Gasteiger partial charge on any atom is 0.0351 e. The third-order valence-electron chi connectivity index (χ3n) is 5.23. The van der Waals surface area contributed by atoms with Crippen LogP contribution < -0.4 is 5.32 Å². The maximum atomic E-state index is 3.84. The number of hydrogen-bond acceptors (Lipinski definition) is 1. The molecule has 1 heteroatoms. The molecule has 1 fully saturated rings. The molecule has 21 heavy (non-hydrogen) atoms. The van der Waals surface area contributed by atoms with Gasteiger partial charge in [0.25, 0.3) is 0 Å². The molecule has 1 aromatic rings. The van der Waals surface area contributed by atoms with Crippen molar-refractivity contribution in [2.75, 3.05) is 6.54 Å². The van der Waals surface area contributed by atoms with Gasteiger partial charge in [0.15, 0.2) is 0 Å². The largest absolute Gasteiger partial charge is 0.310 e. The summed E-state index contributed by atoms with van der Waals surface area (Å²) in [7, 11) is 0. The Kier molecular flexibility index (Phi) is 5.48. The topological polar surface area (TPSA) is 12.0 Å². The Morgan fingerprint density at radius 2 is 1.86 bits per heavy atom. The maximum absolute atomic E-state index is 3.84. The van der Waals surface area contributed by atoms with E-state index in [1.54, 1.807) is 0 Å². The van der Waals surface area contributed by atoms with Crippen molar-refractivity contribution in [3.8, 4) is 0 Å². The summed E-state index contributed by atoms with van der Waals surface area (Å²) in [5.41, 5.74) is 4.90. The van der Waals surface area contributed by atoms with E-state index in [0.717, 1.165) is 12.5 Å². The third-order valence-corrected chi connectivity index (χ3v) is 5.23. The molecule has 0 spiro atoms. The number of nitrogens with one attached hydrogen (secondary N) is 1. The first-order chi connectivity index (χ1) is 9.93. The van der Waals surface area contributed by atoms with Gasteiger partial charge in [-0.05, 0) is 75.0 Å². The summed E-state index contributed by atoms with van der Waals surface area (Å²) in [6, 6.07) is 7.51. The summed E-state index contributed by atoms with van der Waals surface area (Å²) in [6.45, 7) is 12.7. The molecule has 0 aliphatic heterocycles. The van der Waals surface area contributed by atoms with Crippen molar-refractivity contribution in [3.63, 3.8) is 0 Å². The first-order valence-corrected chi connectivity index (χ1v) is 8.73. The van der Waals surface area contributed by atoms with Crippen molar-refractivity contribution in [1.29, 1.82) is 0 Å². The van der Waals surface area contributed by atoms with E-state index < -0.39 is 0 Å². The Hall–Kier alpha value is -0.820. The monoisotopic (exact) mass is 287 g/mol. The van der Waals surface area contributed by atoms with E-state index >= 15 is 0 Å². The van der Waals surface area contributed by atoms with Gasteiger partial charge in [-0.25, -0.2) is 0 Å². The Morgan fingerprint density at radius 3 is 2.43 bits per heavy atom. The fourth-order valence-electron chi connectivity index (χ4n) is 3.76. The zero-order valence-corrected chi connectivity index (χ0v) is 14.6. The van der Waals surface area contributed by atoms with Crippen LogP contribution in [0.15, 0.2) is 18.2 Å². The van der Waals surface area contributed by atoms with Crippen LogP contribution in [0.1, 0.15) is 75.6 Å². The van der Waals surface area contributed by atoms with Gasteiger partial charge in [-0.15, -0.1) is 0 Å². The lowest BCUT2D eigenvalue weighted by atomic mass is 9.70. The first-order valence-electron chi connectivity index (χ1n) is 8.73. The van der Waals surface area contributed by atoms with Crippen molar-refractivity contribution in [2.45, 2.75) is 72.8 Å². The molecular formula is C20H33N. The van der Waals surface area contributed by atoms with Gasteiger partial charge in [-0.2, -0.15) is 0 Å². The molecule has 1 unspecified atom stereocenters. The van der Waals surface area contributed by atoms with E-state index in [2.05, 4.69) is 58.1 Å². The minimum Gasteiger partial charge on any atom is -0.310 e. The highest BCUT2D eigenvalue weighted by Gasteiger charge is 2.32. The van der Waals surface area contributed by atoms with Gasteiger partial charge in [-0.3, -0.25) is 0 Å². The molecule has 1 aliphatic rings. The summed E-state index contributed by atoms with van der Waals surface area (Å²) in [5, 5.41) is 3.84. The molecule has 118 valence electrons. The highest BCUT2D eigenvalue weighted by Crippen LogP contribution is 2.43. The van der Waals surface area contributed by atoms with Gasteiger partial charge in [0.2, 0.25) is 0 Å². The average molecular weight is 287 g/mol. The number of benzene rings is 1. The Bertz CT molecular complexity index is 451. The molecule has 0 heterocycles. The Morgan fingerprint density at radius 1 is 1.19 bits per heavy atom. The summed E-state index contributed by atoms with van der Waals surface area (Å²) in [5.74, 6) is 0.797. The standard InChI is InChI=1S/C20H33N/c1-6-13-21-19(17-9-11-20(4,5)12-10-17)18-8-7-15(2)14-16(18)3/h7-8,14,17,19,21H,6,9-13H2,1-5H3.